The second-order valence-electron chi connectivity index (χ2n) is 4.59. The molecule has 1 aromatic carbocycles. The van der Waals surface area contributed by atoms with E-state index >= 15 is 0 Å². The van der Waals surface area contributed by atoms with E-state index in [9.17, 15) is 9.59 Å². The summed E-state index contributed by atoms with van der Waals surface area (Å²) in [5.41, 5.74) is 0.589. The Morgan fingerprint density at radius 3 is 2.68 bits per heavy atom. The first-order valence-electron chi connectivity index (χ1n) is 6.99. The zero-order chi connectivity index (χ0) is 15.9. The zero-order valence-electron chi connectivity index (χ0n) is 12.5. The van der Waals surface area contributed by atoms with Crippen LogP contribution in [-0.4, -0.2) is 24.5 Å². The van der Waals surface area contributed by atoms with Crippen LogP contribution in [0.1, 0.15) is 23.5 Å². The number of thiophene rings is 1. The van der Waals surface area contributed by atoms with Crippen molar-refractivity contribution in [2.75, 3.05) is 11.9 Å². The second kappa shape index (κ2) is 7.61. The van der Waals surface area contributed by atoms with Crippen LogP contribution in [0, 0.1) is 0 Å². The number of benzene rings is 1. The molecule has 2 N–H and O–H groups in total. The number of carbonyl (C=O) groups is 2. The number of carbonyl (C=O) groups excluding carboxylic acids is 2. The van der Waals surface area contributed by atoms with Crippen LogP contribution in [0.5, 0.6) is 5.75 Å². The summed E-state index contributed by atoms with van der Waals surface area (Å²) in [5, 5.41) is 7.26. The fraction of sp³-hybridized carbons (Fsp3) is 0.250. The van der Waals surface area contributed by atoms with Crippen LogP contribution in [-0.2, 0) is 4.79 Å². The Hall–Kier alpha value is -2.34. The van der Waals surface area contributed by atoms with Crippen LogP contribution in [0.15, 0.2) is 41.8 Å². The van der Waals surface area contributed by atoms with Crippen LogP contribution >= 0.6 is 11.3 Å². The molecule has 0 aliphatic heterocycles. The molecule has 0 fully saturated rings. The Balaban J connectivity index is 1.98. The van der Waals surface area contributed by atoms with Gasteiger partial charge in [-0.25, -0.2) is 0 Å². The number of anilines is 1. The van der Waals surface area contributed by atoms with Crippen molar-refractivity contribution < 1.29 is 14.3 Å². The van der Waals surface area contributed by atoms with E-state index in [4.69, 9.17) is 4.74 Å². The van der Waals surface area contributed by atoms with Crippen LogP contribution in [0.2, 0.25) is 0 Å². The predicted molar refractivity (Wildman–Crippen MR) is 87.5 cm³/mol. The van der Waals surface area contributed by atoms with Crippen molar-refractivity contribution >= 4 is 28.8 Å². The number of hydrogen-bond donors (Lipinski definition) is 2. The zero-order valence-corrected chi connectivity index (χ0v) is 13.3. The van der Waals surface area contributed by atoms with Crippen LogP contribution in [0.25, 0.3) is 0 Å². The van der Waals surface area contributed by atoms with E-state index in [1.165, 1.54) is 11.3 Å². The molecule has 0 aliphatic carbocycles. The smallest absolute Gasteiger partial charge is 0.261 e. The summed E-state index contributed by atoms with van der Waals surface area (Å²) in [7, 11) is 0. The summed E-state index contributed by atoms with van der Waals surface area (Å²) in [6.07, 6.45) is 0. The lowest BCUT2D eigenvalue weighted by molar-refractivity contribution is -0.117. The molecule has 0 aliphatic rings. The molecule has 22 heavy (non-hydrogen) atoms. The van der Waals surface area contributed by atoms with Crippen molar-refractivity contribution in [1.29, 1.82) is 0 Å². The molecule has 116 valence electrons. The fourth-order valence-corrected chi connectivity index (χ4v) is 2.46. The summed E-state index contributed by atoms with van der Waals surface area (Å²) < 4.78 is 5.46. The average Bonchev–Trinajstić information content (AvgIpc) is 3.03. The van der Waals surface area contributed by atoms with Gasteiger partial charge in [0.05, 0.1) is 17.2 Å². The van der Waals surface area contributed by atoms with E-state index in [0.29, 0.717) is 22.9 Å². The standard InChI is InChI=1S/C16H18N2O3S/c1-3-21-13-8-5-4-7-12(13)18-15(19)11(2)17-16(20)14-9-6-10-22-14/h4-11H,3H2,1-2H3,(H,17,20)(H,18,19)/t11-/m0/s1. The van der Waals surface area contributed by atoms with Gasteiger partial charge in [-0.15, -0.1) is 11.3 Å². The summed E-state index contributed by atoms with van der Waals surface area (Å²) in [5.74, 6) is 0.0583. The van der Waals surface area contributed by atoms with Gasteiger partial charge in [0.25, 0.3) is 5.91 Å². The van der Waals surface area contributed by atoms with E-state index in [1.807, 2.05) is 24.4 Å². The van der Waals surface area contributed by atoms with Gasteiger partial charge in [-0.05, 0) is 37.4 Å². The van der Waals surface area contributed by atoms with Crippen LogP contribution in [0.4, 0.5) is 5.69 Å². The third kappa shape index (κ3) is 4.08. The minimum atomic E-state index is -0.649. The predicted octanol–water partition coefficient (Wildman–Crippen LogP) is 2.90. The lowest BCUT2D eigenvalue weighted by atomic mass is 10.2. The quantitative estimate of drug-likeness (QED) is 0.860. The van der Waals surface area contributed by atoms with Gasteiger partial charge in [0.15, 0.2) is 0 Å². The van der Waals surface area contributed by atoms with Crippen molar-refractivity contribution in [1.82, 2.24) is 5.32 Å². The molecular weight excluding hydrogens is 300 g/mol. The molecule has 0 saturated heterocycles. The van der Waals surface area contributed by atoms with Gasteiger partial charge in [0.2, 0.25) is 5.91 Å². The SMILES string of the molecule is CCOc1ccccc1NC(=O)[C@H](C)NC(=O)c1cccs1. The lowest BCUT2D eigenvalue weighted by Crippen LogP contribution is -2.41. The third-order valence-electron chi connectivity index (χ3n) is 2.93. The third-order valence-corrected chi connectivity index (χ3v) is 3.80. The second-order valence-corrected chi connectivity index (χ2v) is 5.54. The van der Waals surface area contributed by atoms with Gasteiger partial charge in [-0.2, -0.15) is 0 Å². The summed E-state index contributed by atoms with van der Waals surface area (Å²) in [6, 6.07) is 10.1. The lowest BCUT2D eigenvalue weighted by Gasteiger charge is -2.15. The average molecular weight is 318 g/mol. The van der Waals surface area contributed by atoms with Crippen molar-refractivity contribution in [3.63, 3.8) is 0 Å². The molecular formula is C16H18N2O3S. The molecule has 6 heteroatoms. The molecule has 1 heterocycles. The van der Waals surface area contributed by atoms with E-state index in [2.05, 4.69) is 10.6 Å². The van der Waals surface area contributed by atoms with E-state index < -0.39 is 6.04 Å². The molecule has 0 bridgehead atoms. The highest BCUT2D eigenvalue weighted by Gasteiger charge is 2.18. The summed E-state index contributed by atoms with van der Waals surface area (Å²) in [6.45, 7) is 4.03. The number of rotatable bonds is 6. The minimum absolute atomic E-state index is 0.254. The molecule has 0 radical (unpaired) electrons. The topological polar surface area (TPSA) is 67.4 Å². The molecule has 1 atom stereocenters. The van der Waals surface area contributed by atoms with Gasteiger partial charge in [-0.3, -0.25) is 9.59 Å². The Morgan fingerprint density at radius 2 is 2.00 bits per heavy atom. The van der Waals surface area contributed by atoms with Gasteiger partial charge >= 0.3 is 0 Å². The number of amides is 2. The highest BCUT2D eigenvalue weighted by atomic mass is 32.1. The number of para-hydroxylation sites is 2. The highest BCUT2D eigenvalue weighted by Crippen LogP contribution is 2.23. The van der Waals surface area contributed by atoms with Crippen molar-refractivity contribution in [3.8, 4) is 5.75 Å². The van der Waals surface area contributed by atoms with Crippen LogP contribution in [0.3, 0.4) is 0 Å². The summed E-state index contributed by atoms with van der Waals surface area (Å²) in [4.78, 5) is 24.7. The van der Waals surface area contributed by atoms with Crippen LogP contribution < -0.4 is 15.4 Å². The number of nitrogens with one attached hydrogen (secondary N) is 2. The Bertz CT molecular complexity index is 641. The van der Waals surface area contributed by atoms with Crippen molar-refractivity contribution in [2.24, 2.45) is 0 Å². The monoisotopic (exact) mass is 318 g/mol. The maximum atomic E-state index is 12.2. The highest BCUT2D eigenvalue weighted by molar-refractivity contribution is 7.12. The van der Waals surface area contributed by atoms with E-state index in [0.717, 1.165) is 0 Å². The molecule has 0 spiro atoms. The van der Waals surface area contributed by atoms with Gasteiger partial charge in [0, 0.05) is 0 Å². The van der Waals surface area contributed by atoms with E-state index in [1.54, 1.807) is 31.2 Å². The first-order chi connectivity index (χ1) is 10.6. The summed E-state index contributed by atoms with van der Waals surface area (Å²) >= 11 is 1.33. The van der Waals surface area contributed by atoms with Gasteiger partial charge in [0.1, 0.15) is 11.8 Å². The molecule has 2 rings (SSSR count). The van der Waals surface area contributed by atoms with Crippen molar-refractivity contribution in [3.05, 3.63) is 46.7 Å². The fourth-order valence-electron chi connectivity index (χ4n) is 1.83. The van der Waals surface area contributed by atoms with E-state index in [-0.39, 0.29) is 11.8 Å². The molecule has 2 amide bonds. The van der Waals surface area contributed by atoms with Gasteiger partial charge < -0.3 is 15.4 Å². The normalized spacial score (nSPS) is 11.5. The van der Waals surface area contributed by atoms with Crippen molar-refractivity contribution in [2.45, 2.75) is 19.9 Å². The Kier molecular flexibility index (Phi) is 5.55. The minimum Gasteiger partial charge on any atom is -0.492 e. The molecule has 0 unspecified atom stereocenters. The molecule has 5 nitrogen and oxygen atoms in total. The first kappa shape index (κ1) is 16.0. The Labute approximate surface area is 133 Å². The van der Waals surface area contributed by atoms with Gasteiger partial charge in [-0.1, -0.05) is 18.2 Å². The molecule has 0 saturated carbocycles. The molecule has 2 aromatic rings. The molecule has 1 aromatic heterocycles. The maximum absolute atomic E-state index is 12.2. The largest absolute Gasteiger partial charge is 0.492 e. The maximum Gasteiger partial charge on any atom is 0.261 e. The number of ether oxygens (including phenoxy) is 1. The Morgan fingerprint density at radius 1 is 1.23 bits per heavy atom. The number of hydrogen-bond acceptors (Lipinski definition) is 4. The first-order valence-corrected chi connectivity index (χ1v) is 7.87.